The van der Waals surface area contributed by atoms with Crippen LogP contribution < -0.4 is 5.32 Å². The van der Waals surface area contributed by atoms with Crippen molar-refractivity contribution >= 4 is 11.7 Å². The molecule has 29 heavy (non-hydrogen) atoms. The number of halogens is 1. The Balaban J connectivity index is 1.27. The van der Waals surface area contributed by atoms with Gasteiger partial charge in [0.2, 0.25) is 0 Å². The largest absolute Gasteiger partial charge is 0.307 e. The number of nitrogens with one attached hydrogen (secondary N) is 1. The lowest BCUT2D eigenvalue weighted by atomic mass is 10.0. The topological polar surface area (TPSA) is 50.2 Å². The van der Waals surface area contributed by atoms with E-state index < -0.39 is 5.82 Å². The van der Waals surface area contributed by atoms with Crippen LogP contribution >= 0.6 is 0 Å². The fourth-order valence-corrected chi connectivity index (χ4v) is 4.81. The Morgan fingerprint density at radius 3 is 2.69 bits per heavy atom. The number of rotatable bonds is 7. The molecule has 1 amide bonds. The minimum atomic E-state index is -0.411. The van der Waals surface area contributed by atoms with Crippen LogP contribution in [0, 0.1) is 11.7 Å². The van der Waals surface area contributed by atoms with Gasteiger partial charge in [0, 0.05) is 24.7 Å². The van der Waals surface area contributed by atoms with E-state index in [4.69, 9.17) is 0 Å². The maximum absolute atomic E-state index is 13.4. The summed E-state index contributed by atoms with van der Waals surface area (Å²) in [5.74, 6) is 0.932. The maximum Gasteiger partial charge on any atom is 0.256 e. The lowest BCUT2D eigenvalue weighted by molar-refractivity contribution is 0.102. The molecule has 1 saturated heterocycles. The van der Waals surface area contributed by atoms with E-state index in [1.165, 1.54) is 57.2 Å². The molecule has 2 aromatic rings. The van der Waals surface area contributed by atoms with Gasteiger partial charge < -0.3 is 10.2 Å². The molecular weight excluding hydrogens is 367 g/mol. The minimum Gasteiger partial charge on any atom is -0.307 e. The number of likely N-dealkylation sites (tertiary alicyclic amines) is 1. The lowest BCUT2D eigenvalue weighted by Gasteiger charge is -2.32. The van der Waals surface area contributed by atoms with Crippen molar-refractivity contribution in [2.45, 2.75) is 57.4 Å². The number of carbonyl (C=O) groups is 1. The van der Waals surface area contributed by atoms with E-state index in [0.29, 0.717) is 17.4 Å². The van der Waals surface area contributed by atoms with Crippen LogP contribution in [0.2, 0.25) is 0 Å². The molecule has 0 radical (unpaired) electrons. The molecule has 1 aromatic carbocycles. The molecule has 2 aliphatic rings. The zero-order valence-electron chi connectivity index (χ0n) is 17.0. The highest BCUT2D eigenvalue weighted by molar-refractivity contribution is 6.03. The molecule has 0 atom stereocenters. The van der Waals surface area contributed by atoms with Gasteiger partial charge >= 0.3 is 0 Å². The fourth-order valence-electron chi connectivity index (χ4n) is 4.81. The van der Waals surface area contributed by atoms with E-state index in [-0.39, 0.29) is 5.91 Å². The van der Waals surface area contributed by atoms with E-state index >= 15 is 0 Å². The van der Waals surface area contributed by atoms with Gasteiger partial charge in [0.15, 0.2) is 0 Å². The molecule has 1 N–H and O–H groups in total. The quantitative estimate of drug-likeness (QED) is 0.723. The molecule has 2 fully saturated rings. The Morgan fingerprint density at radius 2 is 1.93 bits per heavy atom. The van der Waals surface area contributed by atoms with Gasteiger partial charge in [-0.15, -0.1) is 0 Å². The number of amides is 1. The molecule has 1 saturated carbocycles. The van der Waals surface area contributed by atoms with Gasteiger partial charge in [-0.3, -0.25) is 4.79 Å². The summed E-state index contributed by atoms with van der Waals surface area (Å²) >= 11 is 0. The van der Waals surface area contributed by atoms with Crippen LogP contribution in [-0.4, -0.2) is 40.2 Å². The van der Waals surface area contributed by atoms with E-state index in [2.05, 4.69) is 15.3 Å². The van der Waals surface area contributed by atoms with Gasteiger partial charge in [0.05, 0.1) is 12.2 Å². The Hall–Kier alpha value is -2.21. The standard InChI is InChI=1S/C23H31FN4O/c24-20-9-3-8-19(17-20)23(29)26-22-10-13-25-28(22)21-11-15-27(16-12-21)14-4-7-18-5-1-2-6-18/h3,8-10,13,17-18,21H,1-2,4-7,11-12,14-16H2,(H,26,29). The zero-order valence-corrected chi connectivity index (χ0v) is 17.0. The number of aromatic nitrogens is 2. The third-order valence-corrected chi connectivity index (χ3v) is 6.46. The summed E-state index contributed by atoms with van der Waals surface area (Å²) in [6, 6.07) is 7.85. The van der Waals surface area contributed by atoms with Crippen LogP contribution in [0.25, 0.3) is 0 Å². The first-order valence-corrected chi connectivity index (χ1v) is 11.0. The molecule has 2 heterocycles. The summed E-state index contributed by atoms with van der Waals surface area (Å²) in [7, 11) is 0. The number of anilines is 1. The van der Waals surface area contributed by atoms with Crippen molar-refractivity contribution in [3.05, 3.63) is 47.9 Å². The van der Waals surface area contributed by atoms with Crippen LogP contribution in [0.5, 0.6) is 0 Å². The number of nitrogens with zero attached hydrogens (tertiary/aromatic N) is 3. The number of carbonyl (C=O) groups excluding carboxylic acids is 1. The van der Waals surface area contributed by atoms with Crippen molar-refractivity contribution in [2.24, 2.45) is 5.92 Å². The van der Waals surface area contributed by atoms with Crippen molar-refractivity contribution in [1.29, 1.82) is 0 Å². The number of benzene rings is 1. The molecule has 4 rings (SSSR count). The maximum atomic E-state index is 13.4. The van der Waals surface area contributed by atoms with Crippen LogP contribution in [0.3, 0.4) is 0 Å². The van der Waals surface area contributed by atoms with Gasteiger partial charge in [0.25, 0.3) is 5.91 Å². The van der Waals surface area contributed by atoms with E-state index in [9.17, 15) is 9.18 Å². The predicted molar refractivity (Wildman–Crippen MR) is 112 cm³/mol. The highest BCUT2D eigenvalue weighted by Crippen LogP contribution is 2.29. The third-order valence-electron chi connectivity index (χ3n) is 6.46. The van der Waals surface area contributed by atoms with E-state index in [1.54, 1.807) is 18.3 Å². The van der Waals surface area contributed by atoms with Gasteiger partial charge in [-0.25, -0.2) is 9.07 Å². The summed E-state index contributed by atoms with van der Waals surface area (Å²) in [5.41, 5.74) is 0.315. The fraction of sp³-hybridized carbons (Fsp3) is 0.565. The average Bonchev–Trinajstić information content (AvgIpc) is 3.41. The van der Waals surface area contributed by atoms with Gasteiger partial charge in [-0.05, 0) is 56.3 Å². The lowest BCUT2D eigenvalue weighted by Crippen LogP contribution is -2.36. The number of hydrogen-bond donors (Lipinski definition) is 1. The molecule has 1 aliphatic heterocycles. The Labute approximate surface area is 172 Å². The molecule has 0 bridgehead atoms. The normalized spacial score (nSPS) is 18.9. The summed E-state index contributed by atoms with van der Waals surface area (Å²) in [6.45, 7) is 3.35. The molecular formula is C23H31FN4O. The number of hydrogen-bond acceptors (Lipinski definition) is 3. The second kappa shape index (κ2) is 9.53. The Bertz CT molecular complexity index is 807. The summed E-state index contributed by atoms with van der Waals surface area (Å²) in [5, 5.41) is 7.34. The monoisotopic (exact) mass is 398 g/mol. The molecule has 1 aromatic heterocycles. The first-order chi connectivity index (χ1) is 14.2. The van der Waals surface area contributed by atoms with Crippen molar-refractivity contribution in [1.82, 2.24) is 14.7 Å². The van der Waals surface area contributed by atoms with Crippen molar-refractivity contribution in [3.63, 3.8) is 0 Å². The van der Waals surface area contributed by atoms with Crippen molar-refractivity contribution in [2.75, 3.05) is 25.0 Å². The SMILES string of the molecule is O=C(Nc1ccnn1C1CCN(CCCC2CCCC2)CC1)c1cccc(F)c1. The van der Waals surface area contributed by atoms with Crippen molar-refractivity contribution in [3.8, 4) is 0 Å². The predicted octanol–water partition coefficient (Wildman–Crippen LogP) is 4.88. The molecule has 0 spiro atoms. The van der Waals surface area contributed by atoms with Gasteiger partial charge in [-0.2, -0.15) is 5.10 Å². The molecule has 0 unspecified atom stereocenters. The highest BCUT2D eigenvalue weighted by Gasteiger charge is 2.23. The second-order valence-corrected chi connectivity index (χ2v) is 8.49. The van der Waals surface area contributed by atoms with E-state index in [1.807, 2.05) is 10.7 Å². The van der Waals surface area contributed by atoms with Crippen LogP contribution in [0.1, 0.15) is 67.8 Å². The minimum absolute atomic E-state index is 0.291. The Morgan fingerprint density at radius 1 is 1.14 bits per heavy atom. The third kappa shape index (κ3) is 5.24. The zero-order chi connectivity index (χ0) is 20.1. The summed E-state index contributed by atoms with van der Waals surface area (Å²) < 4.78 is 15.3. The van der Waals surface area contributed by atoms with Crippen molar-refractivity contribution < 1.29 is 9.18 Å². The molecule has 156 valence electrons. The van der Waals surface area contributed by atoms with Crippen LogP contribution in [-0.2, 0) is 0 Å². The molecule has 6 heteroatoms. The van der Waals surface area contributed by atoms with Crippen LogP contribution in [0.15, 0.2) is 36.5 Å². The smallest absolute Gasteiger partial charge is 0.256 e. The molecule has 5 nitrogen and oxygen atoms in total. The summed E-state index contributed by atoms with van der Waals surface area (Å²) in [6.07, 6.45) is 12.2. The highest BCUT2D eigenvalue weighted by atomic mass is 19.1. The average molecular weight is 399 g/mol. The van der Waals surface area contributed by atoms with Gasteiger partial charge in [-0.1, -0.05) is 31.7 Å². The number of piperidine rings is 1. The summed E-state index contributed by atoms with van der Waals surface area (Å²) in [4.78, 5) is 15.0. The first-order valence-electron chi connectivity index (χ1n) is 11.0. The van der Waals surface area contributed by atoms with E-state index in [0.717, 1.165) is 31.8 Å². The van der Waals surface area contributed by atoms with Gasteiger partial charge in [0.1, 0.15) is 11.6 Å². The second-order valence-electron chi connectivity index (χ2n) is 8.49. The Kier molecular flexibility index (Phi) is 6.60. The van der Waals surface area contributed by atoms with Crippen LogP contribution in [0.4, 0.5) is 10.2 Å². The first kappa shape index (κ1) is 20.1. The molecule has 1 aliphatic carbocycles.